The van der Waals surface area contributed by atoms with Crippen LogP contribution < -0.4 is 22.5 Å². The predicted octanol–water partition coefficient (Wildman–Crippen LogP) is 2.17. The van der Waals surface area contributed by atoms with E-state index in [4.69, 9.17) is 21.0 Å². The number of nitrogens with one attached hydrogen (secondary N) is 2. The molecule has 2 aliphatic heterocycles. The number of hydrogen-bond donors (Lipinski definition) is 4. The summed E-state index contributed by atoms with van der Waals surface area (Å²) in [6.07, 6.45) is 7.17. The maximum absolute atomic E-state index is 12.1. The van der Waals surface area contributed by atoms with Crippen molar-refractivity contribution in [2.24, 2.45) is 5.92 Å². The van der Waals surface area contributed by atoms with Crippen molar-refractivity contribution < 1.29 is 19.7 Å². The number of aromatic amines is 2. The fourth-order valence-electron chi connectivity index (χ4n) is 4.43. The van der Waals surface area contributed by atoms with Gasteiger partial charge < -0.3 is 19.7 Å². The van der Waals surface area contributed by atoms with Crippen LogP contribution in [0.15, 0.2) is 31.6 Å². The molecule has 0 amide bonds. The van der Waals surface area contributed by atoms with Gasteiger partial charge in [-0.1, -0.05) is 67.6 Å². The molecule has 2 saturated heterocycles. The molecule has 0 saturated carbocycles. The number of rotatable bonds is 4. The van der Waals surface area contributed by atoms with Crippen LogP contribution in [-0.2, 0) is 9.47 Å². The first-order valence-corrected chi connectivity index (χ1v) is 16.6. The van der Waals surface area contributed by atoms with Crippen LogP contribution in [0.4, 0.5) is 0 Å². The summed E-state index contributed by atoms with van der Waals surface area (Å²) in [5, 5.41) is 18.5. The molecular weight excluding hydrogens is 576 g/mol. The number of H-pyrrole nitrogens is 2. The Balaban J connectivity index is 0.000000779. The summed E-state index contributed by atoms with van der Waals surface area (Å²) in [4.78, 5) is 51.3. The lowest BCUT2D eigenvalue weighted by atomic mass is 10.0. The molecule has 4 N–H and O–H groups in total. The van der Waals surface area contributed by atoms with E-state index >= 15 is 0 Å². The van der Waals surface area contributed by atoms with E-state index in [1.54, 1.807) is 6.20 Å². The van der Waals surface area contributed by atoms with E-state index in [-0.39, 0.29) is 53.2 Å². The van der Waals surface area contributed by atoms with Gasteiger partial charge in [-0.2, -0.15) is 0 Å². The van der Waals surface area contributed by atoms with Gasteiger partial charge in [-0.05, 0) is 18.8 Å². The Bertz CT molecular complexity index is 1550. The van der Waals surface area contributed by atoms with Crippen LogP contribution in [0.5, 0.6) is 0 Å². The first-order valence-electron chi connectivity index (χ1n) is 13.1. The van der Waals surface area contributed by atoms with E-state index in [9.17, 15) is 24.3 Å². The molecular formula is C30H48N4O8Si. The summed E-state index contributed by atoms with van der Waals surface area (Å²) in [6, 6.07) is 0. The number of aliphatic hydroxyl groups excluding tert-OH is 2. The van der Waals surface area contributed by atoms with Crippen molar-refractivity contribution in [3.63, 3.8) is 0 Å². The van der Waals surface area contributed by atoms with Crippen LogP contribution in [0.2, 0.25) is 19.6 Å². The number of hydrogen-bond acceptors (Lipinski definition) is 8. The standard InChI is InChI=1S/C16H24N2O3Si.C11H12N2O5.3CH4/c1-6-13-11(2)9-14(21-13)18-10-12(7-8-22(3,4)5)15(19)17-16(18)20;1-2-6-4-13(11(17)12-10(6)16)9-3-7(15)8(5-14)18-9;;;/h10-11,13-14H,6,9H2,1-5H3,(H,17,19,20);1,4,7-9,14-15H,3,5H2,(H,12,16,17);3*1H4/t11-,13-,14-;7-,8-,9-;;;/m11.../s1/i7+1,8+1;1+1,2+1;;;. The zero-order chi connectivity index (χ0) is 29.8. The number of nitrogens with zero attached hydrogens (tertiary/aromatic N) is 2. The molecule has 2 aromatic heterocycles. The van der Waals surface area contributed by atoms with Gasteiger partial charge >= 0.3 is 11.4 Å². The number of aliphatic hydroxyl groups is 2. The second-order valence-electron chi connectivity index (χ2n) is 10.9. The molecule has 0 radical (unpaired) electrons. The highest BCUT2D eigenvalue weighted by atomic mass is 28.3. The first-order chi connectivity index (χ1) is 18.8. The molecule has 0 unspecified atom stereocenters. The van der Waals surface area contributed by atoms with Gasteiger partial charge in [0.1, 0.15) is 37.8 Å². The summed E-state index contributed by atoms with van der Waals surface area (Å²) in [5.74, 6) is 5.48. The van der Waals surface area contributed by atoms with Crippen LogP contribution in [0.25, 0.3) is 0 Å². The van der Waals surface area contributed by atoms with Gasteiger partial charge in [0, 0.05) is 18.8 Å². The van der Waals surface area contributed by atoms with E-state index in [0.717, 1.165) is 17.4 Å². The summed E-state index contributed by atoms with van der Waals surface area (Å²) in [7, 11) is -1.59. The van der Waals surface area contributed by atoms with Crippen molar-refractivity contribution in [1.82, 2.24) is 19.1 Å². The fraction of sp³-hybridized carbons (Fsp3) is 0.600. The maximum atomic E-state index is 12.1. The van der Waals surface area contributed by atoms with Gasteiger partial charge in [-0.15, -0.1) is 12.0 Å². The van der Waals surface area contributed by atoms with E-state index in [1.165, 1.54) is 10.8 Å². The van der Waals surface area contributed by atoms with Crippen LogP contribution in [0, 0.1) is 29.7 Å². The molecule has 6 atom stereocenters. The highest BCUT2D eigenvalue weighted by Crippen LogP contribution is 2.33. The summed E-state index contributed by atoms with van der Waals surface area (Å²) in [6.45, 7) is 10.2. The minimum Gasteiger partial charge on any atom is -0.394 e. The summed E-state index contributed by atoms with van der Waals surface area (Å²) >= 11 is 0. The van der Waals surface area contributed by atoms with Gasteiger partial charge in [-0.3, -0.25) is 28.7 Å². The topological polar surface area (TPSA) is 169 Å². The van der Waals surface area contributed by atoms with E-state index in [0.29, 0.717) is 11.5 Å². The second-order valence-corrected chi connectivity index (χ2v) is 15.7. The van der Waals surface area contributed by atoms with E-state index < -0.39 is 49.0 Å². The highest BCUT2D eigenvalue weighted by molar-refractivity contribution is 6.83. The number of terminal acetylenes is 1. The van der Waals surface area contributed by atoms with Gasteiger partial charge in [0.2, 0.25) is 0 Å². The highest BCUT2D eigenvalue weighted by Gasteiger charge is 2.35. The van der Waals surface area contributed by atoms with Crippen molar-refractivity contribution >= 4 is 8.07 Å². The lowest BCUT2D eigenvalue weighted by molar-refractivity contribution is -0.0459. The van der Waals surface area contributed by atoms with Crippen LogP contribution in [0.3, 0.4) is 0 Å². The Morgan fingerprint density at radius 2 is 1.42 bits per heavy atom. The average molecular weight is 625 g/mol. The smallest absolute Gasteiger partial charge is 0.330 e. The van der Waals surface area contributed by atoms with Crippen molar-refractivity contribution in [2.45, 2.75) is 106 Å². The molecule has 2 aromatic rings. The molecule has 4 rings (SSSR count). The molecule has 12 nitrogen and oxygen atoms in total. The van der Waals surface area contributed by atoms with Crippen LogP contribution in [-0.4, -0.2) is 62.3 Å². The molecule has 43 heavy (non-hydrogen) atoms. The monoisotopic (exact) mass is 624 g/mol. The Morgan fingerprint density at radius 3 is 1.86 bits per heavy atom. The normalized spacial score (nSPS) is 24.0. The van der Waals surface area contributed by atoms with Crippen molar-refractivity contribution in [2.75, 3.05) is 6.61 Å². The largest absolute Gasteiger partial charge is 0.394 e. The Morgan fingerprint density at radius 1 is 0.930 bits per heavy atom. The Hall–Kier alpha value is -3.46. The molecule has 0 aliphatic carbocycles. The molecule has 0 aromatic carbocycles. The van der Waals surface area contributed by atoms with Gasteiger partial charge in [0.15, 0.2) is 0 Å². The van der Waals surface area contributed by atoms with Gasteiger partial charge in [0.05, 0.1) is 18.8 Å². The first kappa shape index (κ1) is 39.5. The maximum Gasteiger partial charge on any atom is 0.330 e. The minimum absolute atomic E-state index is 0. The van der Waals surface area contributed by atoms with E-state index in [1.807, 2.05) is 0 Å². The predicted molar refractivity (Wildman–Crippen MR) is 171 cm³/mol. The third-order valence-corrected chi connectivity index (χ3v) is 7.49. The lowest BCUT2D eigenvalue weighted by Gasteiger charge is -2.15. The Labute approximate surface area is 254 Å². The third kappa shape index (κ3) is 9.78. The molecule has 2 aliphatic rings. The summed E-state index contributed by atoms with van der Waals surface area (Å²) in [5.41, 5.74) is 1.32. The molecule has 0 bridgehead atoms. The molecule has 240 valence electrons. The van der Waals surface area contributed by atoms with Crippen molar-refractivity contribution in [3.05, 3.63) is 65.2 Å². The molecule has 2 fully saturated rings. The number of ether oxygens (including phenoxy) is 2. The average Bonchev–Trinajstić information content (AvgIpc) is 3.44. The van der Waals surface area contributed by atoms with Crippen molar-refractivity contribution in [3.8, 4) is 23.8 Å². The molecule has 4 heterocycles. The third-order valence-electron chi connectivity index (χ3n) is 6.61. The quantitative estimate of drug-likeness (QED) is 0.228. The van der Waals surface area contributed by atoms with Crippen LogP contribution in [0.1, 0.15) is 79.0 Å². The summed E-state index contributed by atoms with van der Waals surface area (Å²) < 4.78 is 13.8. The molecule has 13 heteroatoms. The van der Waals surface area contributed by atoms with Gasteiger partial charge in [-0.25, -0.2) is 9.59 Å². The lowest BCUT2D eigenvalue weighted by Crippen LogP contribution is -2.33. The van der Waals surface area contributed by atoms with Crippen molar-refractivity contribution in [1.29, 1.82) is 0 Å². The van der Waals surface area contributed by atoms with Gasteiger partial charge in [0.25, 0.3) is 11.1 Å². The van der Waals surface area contributed by atoms with Crippen LogP contribution >= 0.6 is 0 Å². The zero-order valence-corrected chi connectivity index (χ0v) is 24.3. The minimum atomic E-state index is -1.59. The van der Waals surface area contributed by atoms with E-state index in [2.05, 4.69) is 60.8 Å². The second kappa shape index (κ2) is 16.4. The fourth-order valence-corrected chi connectivity index (χ4v) is 4.94. The molecule has 0 spiro atoms. The SMILES string of the molecule is C.C.C.CC[C@H]1O[C@@H](n2cc([13C]#[13C][Si](C)(C)C)c(=O)[nH]c2=O)C[C@H]1C.[13CH]#[13C]c1cn([C@H]2C[C@@H](O)[C@@H](CO)O2)c(=O)[nH]c1=O. The number of aromatic nitrogens is 4. The Kier molecular flexibility index (Phi) is 15.1. The zero-order valence-electron chi connectivity index (χ0n) is 23.3.